The van der Waals surface area contributed by atoms with Gasteiger partial charge >= 0.3 is 0 Å². The summed E-state index contributed by atoms with van der Waals surface area (Å²) in [6, 6.07) is 13.2. The molecule has 1 N–H and O–H groups in total. The van der Waals surface area contributed by atoms with Crippen LogP contribution >= 0.6 is 0 Å². The summed E-state index contributed by atoms with van der Waals surface area (Å²) in [6.45, 7) is 0. The Kier molecular flexibility index (Phi) is 3.87. The first-order valence-corrected chi connectivity index (χ1v) is 7.51. The Morgan fingerprint density at radius 2 is 1.71 bits per heavy atom. The van der Waals surface area contributed by atoms with Crippen LogP contribution in [0, 0.1) is 11.3 Å². The molecule has 106 valence electrons. The van der Waals surface area contributed by atoms with Gasteiger partial charge in [0.2, 0.25) is 5.56 Å². The molecule has 0 spiro atoms. The Bertz CT molecular complexity index is 716. The van der Waals surface area contributed by atoms with Crippen molar-refractivity contribution in [3.05, 3.63) is 58.0 Å². The number of pyridine rings is 1. The summed E-state index contributed by atoms with van der Waals surface area (Å²) in [6.07, 6.45) is 6.11. The van der Waals surface area contributed by atoms with Crippen LogP contribution in [0.15, 0.2) is 41.2 Å². The summed E-state index contributed by atoms with van der Waals surface area (Å²) >= 11 is 0. The first kappa shape index (κ1) is 13.6. The maximum atomic E-state index is 11.9. The summed E-state index contributed by atoms with van der Waals surface area (Å²) in [5, 5.41) is 8.85. The van der Waals surface area contributed by atoms with E-state index in [2.05, 4.69) is 17.1 Å². The van der Waals surface area contributed by atoms with Gasteiger partial charge < -0.3 is 4.98 Å². The number of hydrogen-bond donors (Lipinski definition) is 1. The summed E-state index contributed by atoms with van der Waals surface area (Å²) < 4.78 is 0. The highest BCUT2D eigenvalue weighted by Crippen LogP contribution is 2.32. The van der Waals surface area contributed by atoms with E-state index in [0.29, 0.717) is 11.5 Å². The quantitative estimate of drug-likeness (QED) is 0.903. The molecule has 0 saturated heterocycles. The van der Waals surface area contributed by atoms with Crippen molar-refractivity contribution in [1.82, 2.24) is 4.98 Å². The molecule has 21 heavy (non-hydrogen) atoms. The minimum atomic E-state index is -0.0440. The molecule has 3 heteroatoms. The zero-order valence-electron chi connectivity index (χ0n) is 11.9. The number of rotatable bonds is 2. The molecule has 3 nitrogen and oxygen atoms in total. The van der Waals surface area contributed by atoms with Gasteiger partial charge in [-0.25, -0.2) is 0 Å². The van der Waals surface area contributed by atoms with Crippen LogP contribution in [-0.4, -0.2) is 4.98 Å². The van der Waals surface area contributed by atoms with Gasteiger partial charge in [-0.15, -0.1) is 0 Å². The zero-order chi connectivity index (χ0) is 14.7. The number of aromatic nitrogens is 1. The molecule has 3 rings (SSSR count). The van der Waals surface area contributed by atoms with Gasteiger partial charge in [-0.3, -0.25) is 4.79 Å². The molecule has 2 aromatic rings. The lowest BCUT2D eigenvalue weighted by Gasteiger charge is -2.22. The number of benzene rings is 1. The molecular weight excluding hydrogens is 260 g/mol. The van der Waals surface area contributed by atoms with E-state index in [4.69, 9.17) is 5.26 Å². The van der Waals surface area contributed by atoms with Gasteiger partial charge in [0.15, 0.2) is 0 Å². The van der Waals surface area contributed by atoms with Crippen molar-refractivity contribution in [2.24, 2.45) is 0 Å². The molecule has 1 aliphatic rings. The minimum Gasteiger partial charge on any atom is -0.326 e. The van der Waals surface area contributed by atoms with Crippen LogP contribution in [0.1, 0.15) is 49.3 Å². The largest absolute Gasteiger partial charge is 0.326 e. The molecular formula is C18H18N2O. The van der Waals surface area contributed by atoms with Crippen LogP contribution in [0.2, 0.25) is 0 Å². The van der Waals surface area contributed by atoms with Crippen LogP contribution in [0.5, 0.6) is 0 Å². The normalized spacial score (nSPS) is 15.6. The van der Waals surface area contributed by atoms with Crippen molar-refractivity contribution >= 4 is 0 Å². The molecule has 0 aliphatic heterocycles. The third-order valence-electron chi connectivity index (χ3n) is 4.26. The summed E-state index contributed by atoms with van der Waals surface area (Å²) in [5.74, 6) is 0.477. The molecule has 1 heterocycles. The maximum Gasteiger partial charge on any atom is 0.248 e. The summed E-state index contributed by atoms with van der Waals surface area (Å²) in [7, 11) is 0. The van der Waals surface area contributed by atoms with Crippen LogP contribution in [0.3, 0.4) is 0 Å². The molecule has 0 unspecified atom stereocenters. The predicted molar refractivity (Wildman–Crippen MR) is 83.0 cm³/mol. The number of hydrogen-bond acceptors (Lipinski definition) is 2. The van der Waals surface area contributed by atoms with Crippen molar-refractivity contribution < 1.29 is 0 Å². The van der Waals surface area contributed by atoms with Gasteiger partial charge in [0.25, 0.3) is 0 Å². The van der Waals surface area contributed by atoms with E-state index in [0.717, 1.165) is 29.7 Å². The molecule has 0 bridgehead atoms. The Balaban J connectivity index is 1.96. The van der Waals surface area contributed by atoms with Gasteiger partial charge in [-0.1, -0.05) is 31.4 Å². The topological polar surface area (TPSA) is 56.6 Å². The van der Waals surface area contributed by atoms with Crippen LogP contribution in [-0.2, 0) is 0 Å². The van der Waals surface area contributed by atoms with E-state index < -0.39 is 0 Å². The first-order chi connectivity index (χ1) is 10.3. The number of nitrogens with one attached hydrogen (secondary N) is 1. The number of aromatic amines is 1. The third-order valence-corrected chi connectivity index (χ3v) is 4.26. The standard InChI is InChI=1S/C18H18N2O/c19-12-13-6-8-14(9-7-13)16-10-17(20-18(21)11-16)15-4-2-1-3-5-15/h6-11,15H,1-5H2,(H,20,21). The highest BCUT2D eigenvalue weighted by Gasteiger charge is 2.17. The number of nitrogens with zero attached hydrogens (tertiary/aromatic N) is 1. The van der Waals surface area contributed by atoms with Gasteiger partial charge in [0.05, 0.1) is 11.6 Å². The molecule has 1 saturated carbocycles. The van der Waals surface area contributed by atoms with Gasteiger partial charge in [-0.05, 0) is 48.1 Å². The SMILES string of the molecule is N#Cc1ccc(-c2cc(C3CCCCC3)[nH]c(=O)c2)cc1. The van der Waals surface area contributed by atoms with Gasteiger partial charge in [0.1, 0.15) is 0 Å². The number of H-pyrrole nitrogens is 1. The van der Waals surface area contributed by atoms with Crippen molar-refractivity contribution in [2.45, 2.75) is 38.0 Å². The van der Waals surface area contributed by atoms with Crippen LogP contribution < -0.4 is 5.56 Å². The second-order valence-corrected chi connectivity index (χ2v) is 5.71. The molecule has 1 aliphatic carbocycles. The fourth-order valence-electron chi connectivity index (χ4n) is 3.10. The van der Waals surface area contributed by atoms with E-state index in [1.54, 1.807) is 18.2 Å². The Morgan fingerprint density at radius 1 is 1.00 bits per heavy atom. The smallest absolute Gasteiger partial charge is 0.248 e. The lowest BCUT2D eigenvalue weighted by Crippen LogP contribution is -2.13. The average molecular weight is 278 g/mol. The molecule has 0 radical (unpaired) electrons. The maximum absolute atomic E-state index is 11.9. The second-order valence-electron chi connectivity index (χ2n) is 5.71. The monoisotopic (exact) mass is 278 g/mol. The zero-order valence-corrected chi connectivity index (χ0v) is 11.9. The Hall–Kier alpha value is -2.34. The highest BCUT2D eigenvalue weighted by atomic mass is 16.1. The second kappa shape index (κ2) is 5.97. The number of nitriles is 1. The summed E-state index contributed by atoms with van der Waals surface area (Å²) in [5.41, 5.74) is 3.57. The van der Waals surface area contributed by atoms with E-state index >= 15 is 0 Å². The fraction of sp³-hybridized carbons (Fsp3) is 0.333. The minimum absolute atomic E-state index is 0.0440. The Morgan fingerprint density at radius 3 is 2.38 bits per heavy atom. The lowest BCUT2D eigenvalue weighted by atomic mass is 9.86. The van der Waals surface area contributed by atoms with Crippen molar-refractivity contribution in [1.29, 1.82) is 5.26 Å². The summed E-state index contributed by atoms with van der Waals surface area (Å²) in [4.78, 5) is 14.9. The predicted octanol–water partition coefficient (Wildman–Crippen LogP) is 3.96. The van der Waals surface area contributed by atoms with E-state index in [1.807, 2.05) is 12.1 Å². The lowest BCUT2D eigenvalue weighted by molar-refractivity contribution is 0.436. The molecule has 1 aromatic carbocycles. The molecule has 1 fully saturated rings. The van der Waals surface area contributed by atoms with Crippen LogP contribution in [0.25, 0.3) is 11.1 Å². The fourth-order valence-corrected chi connectivity index (χ4v) is 3.10. The Labute approximate surface area is 124 Å². The third kappa shape index (κ3) is 3.05. The van der Waals surface area contributed by atoms with E-state index in [-0.39, 0.29) is 5.56 Å². The van der Waals surface area contributed by atoms with Gasteiger partial charge in [-0.2, -0.15) is 5.26 Å². The van der Waals surface area contributed by atoms with E-state index in [9.17, 15) is 4.79 Å². The van der Waals surface area contributed by atoms with Crippen molar-refractivity contribution in [2.75, 3.05) is 0 Å². The van der Waals surface area contributed by atoms with Crippen molar-refractivity contribution in [3.63, 3.8) is 0 Å². The average Bonchev–Trinajstić information content (AvgIpc) is 2.55. The van der Waals surface area contributed by atoms with Gasteiger partial charge in [0, 0.05) is 11.8 Å². The molecule has 0 amide bonds. The molecule has 0 atom stereocenters. The van der Waals surface area contributed by atoms with Crippen LogP contribution in [0.4, 0.5) is 0 Å². The van der Waals surface area contributed by atoms with Crippen molar-refractivity contribution in [3.8, 4) is 17.2 Å². The molecule has 1 aromatic heterocycles. The van der Waals surface area contributed by atoms with E-state index in [1.165, 1.54) is 19.3 Å². The first-order valence-electron chi connectivity index (χ1n) is 7.51. The highest BCUT2D eigenvalue weighted by molar-refractivity contribution is 5.64.